The Kier molecular flexibility index (Phi) is 9.37. The van der Waals surface area contributed by atoms with Gasteiger partial charge >= 0.3 is 0 Å². The number of rotatable bonds is 9. The highest BCUT2D eigenvalue weighted by atomic mass is 32.2. The summed E-state index contributed by atoms with van der Waals surface area (Å²) >= 11 is 1.12. The Morgan fingerprint density at radius 3 is 2.58 bits per heavy atom. The average Bonchev–Trinajstić information content (AvgIpc) is 3.70. The molecule has 268 valence electrons. The molecule has 5 amide bonds. The first-order chi connectivity index (χ1) is 25.8. The van der Waals surface area contributed by atoms with Crippen LogP contribution in [-0.2, 0) is 20.9 Å². The van der Waals surface area contributed by atoms with E-state index >= 15 is 0 Å². The van der Waals surface area contributed by atoms with E-state index in [9.17, 15) is 29.1 Å². The van der Waals surface area contributed by atoms with Crippen LogP contribution in [0.2, 0.25) is 0 Å². The number of carbonyl (C=O) groups is 5. The Hall–Kier alpha value is -5.63. The number of nitrogens with zero attached hydrogens (tertiary/aromatic N) is 3. The van der Waals surface area contributed by atoms with Crippen LogP contribution in [0.25, 0.3) is 11.1 Å². The molecule has 13 heteroatoms. The van der Waals surface area contributed by atoms with Crippen LogP contribution in [-0.4, -0.2) is 74.7 Å². The maximum Gasteiger partial charge on any atom is 0.263 e. The summed E-state index contributed by atoms with van der Waals surface area (Å²) in [5.41, 5.74) is 6.29. The van der Waals surface area contributed by atoms with Crippen molar-refractivity contribution in [1.82, 2.24) is 20.1 Å². The summed E-state index contributed by atoms with van der Waals surface area (Å²) in [6.07, 6.45) is 6.07. The first-order valence-corrected chi connectivity index (χ1v) is 18.4. The number of hydrogen-bond donors (Lipinski definition) is 4. The maximum absolute atomic E-state index is 13.4. The number of piperidine rings is 1. The molecule has 8 rings (SSSR count). The second-order valence-corrected chi connectivity index (χ2v) is 14.5. The van der Waals surface area contributed by atoms with Crippen molar-refractivity contribution in [2.75, 3.05) is 23.8 Å². The summed E-state index contributed by atoms with van der Waals surface area (Å²) in [5, 5.41) is 20.5. The quantitative estimate of drug-likeness (QED) is 0.108. The number of pyridine rings is 1. The Morgan fingerprint density at radius 2 is 1.77 bits per heavy atom. The van der Waals surface area contributed by atoms with Gasteiger partial charge in [0, 0.05) is 59.7 Å². The molecule has 4 N–H and O–H groups in total. The van der Waals surface area contributed by atoms with Crippen molar-refractivity contribution in [3.8, 4) is 11.1 Å². The first-order valence-electron chi connectivity index (χ1n) is 17.5. The molecule has 0 bridgehead atoms. The third-order valence-electron chi connectivity index (χ3n) is 10.4. The van der Waals surface area contributed by atoms with Crippen molar-refractivity contribution in [2.24, 2.45) is 5.92 Å². The van der Waals surface area contributed by atoms with Crippen LogP contribution >= 0.6 is 11.8 Å². The minimum absolute atomic E-state index is 0.0242. The maximum atomic E-state index is 13.4. The number of aromatic nitrogens is 1. The standard InChI is InChI=1S/C40H36N6O6S/c47-22-31-27-13-17-45(21-23-11-15-41-16-12-23)37(27)29-20-25(7-8-30(29)43-31)24-3-1-4-26(19-24)42-35(49)14-18-53-33-6-2-5-28-36(33)40(52)46(39(28)51)32-9-10-34(48)44-38(32)50/h1-8,11-12,14-16,18-20,27,31-32,37,43,47H,9-10,13,17,21-22H2,(H,42,49)(H,44,48,50)/t27-,31-,32?,37-/m1/s1. The van der Waals surface area contributed by atoms with Gasteiger partial charge in [0.05, 0.1) is 23.8 Å². The van der Waals surface area contributed by atoms with Gasteiger partial charge in [0.2, 0.25) is 17.7 Å². The molecule has 0 aliphatic carbocycles. The number of aliphatic hydroxyl groups is 1. The van der Waals surface area contributed by atoms with Gasteiger partial charge in [-0.1, -0.05) is 36.0 Å². The lowest BCUT2D eigenvalue weighted by Gasteiger charge is -2.39. The normalized spacial score (nSPS) is 22.3. The number of aliphatic hydroxyl groups excluding tert-OH is 1. The lowest BCUT2D eigenvalue weighted by Crippen LogP contribution is -2.54. The summed E-state index contributed by atoms with van der Waals surface area (Å²) in [6.45, 7) is 1.78. The van der Waals surface area contributed by atoms with Crippen LogP contribution in [0.1, 0.15) is 57.1 Å². The van der Waals surface area contributed by atoms with Gasteiger partial charge in [-0.2, -0.15) is 0 Å². The first kappa shape index (κ1) is 34.5. The van der Waals surface area contributed by atoms with Gasteiger partial charge < -0.3 is 15.7 Å². The number of imide groups is 2. The van der Waals surface area contributed by atoms with Crippen LogP contribution in [0.3, 0.4) is 0 Å². The van der Waals surface area contributed by atoms with Gasteiger partial charge in [-0.15, -0.1) is 0 Å². The van der Waals surface area contributed by atoms with Gasteiger partial charge in [0.15, 0.2) is 0 Å². The lowest BCUT2D eigenvalue weighted by atomic mass is 9.82. The van der Waals surface area contributed by atoms with E-state index in [1.165, 1.54) is 23.3 Å². The van der Waals surface area contributed by atoms with E-state index in [1.54, 1.807) is 17.5 Å². The number of likely N-dealkylation sites (tertiary alicyclic amines) is 1. The third kappa shape index (κ3) is 6.63. The van der Waals surface area contributed by atoms with E-state index in [0.717, 1.165) is 53.0 Å². The highest BCUT2D eigenvalue weighted by molar-refractivity contribution is 8.02. The van der Waals surface area contributed by atoms with Gasteiger partial charge in [0.1, 0.15) is 6.04 Å². The van der Waals surface area contributed by atoms with Crippen molar-refractivity contribution in [1.29, 1.82) is 0 Å². The van der Waals surface area contributed by atoms with Crippen LogP contribution in [0.5, 0.6) is 0 Å². The number of carbonyl (C=O) groups excluding carboxylic acids is 5. The Bertz CT molecular complexity index is 2180. The number of hydrogen-bond acceptors (Lipinski definition) is 10. The molecule has 4 aliphatic rings. The van der Waals surface area contributed by atoms with Gasteiger partial charge in [-0.05, 0) is 95.6 Å². The Balaban J connectivity index is 0.961. The second kappa shape index (κ2) is 14.4. The Morgan fingerprint density at radius 1 is 0.962 bits per heavy atom. The van der Waals surface area contributed by atoms with Crippen LogP contribution in [0.15, 0.2) is 102 Å². The molecule has 4 atom stereocenters. The van der Waals surface area contributed by atoms with Crippen LogP contribution in [0.4, 0.5) is 11.4 Å². The number of amides is 5. The zero-order chi connectivity index (χ0) is 36.6. The molecule has 5 heterocycles. The summed E-state index contributed by atoms with van der Waals surface area (Å²) < 4.78 is 0. The van der Waals surface area contributed by atoms with Crippen molar-refractivity contribution in [2.45, 2.75) is 48.8 Å². The molecule has 2 saturated heterocycles. The molecular formula is C40H36N6O6S. The molecule has 2 fully saturated rings. The zero-order valence-corrected chi connectivity index (χ0v) is 29.3. The summed E-state index contributed by atoms with van der Waals surface area (Å²) in [4.78, 5) is 71.7. The van der Waals surface area contributed by atoms with Crippen molar-refractivity contribution >= 4 is 52.7 Å². The number of thioether (sulfide) groups is 1. The fourth-order valence-corrected chi connectivity index (χ4v) is 8.76. The van der Waals surface area contributed by atoms with E-state index in [4.69, 9.17) is 0 Å². The van der Waals surface area contributed by atoms with E-state index < -0.39 is 29.7 Å². The van der Waals surface area contributed by atoms with E-state index in [1.807, 2.05) is 54.9 Å². The minimum atomic E-state index is -1.06. The number of anilines is 2. The molecule has 4 aromatic rings. The molecule has 4 aliphatic heterocycles. The van der Waals surface area contributed by atoms with E-state index in [0.29, 0.717) is 10.6 Å². The smallest absolute Gasteiger partial charge is 0.263 e. The average molecular weight is 729 g/mol. The predicted octanol–water partition coefficient (Wildman–Crippen LogP) is 4.74. The fraction of sp³-hybridized carbons (Fsp3) is 0.250. The largest absolute Gasteiger partial charge is 0.394 e. The predicted molar refractivity (Wildman–Crippen MR) is 199 cm³/mol. The van der Waals surface area contributed by atoms with E-state index in [2.05, 4.69) is 38.0 Å². The van der Waals surface area contributed by atoms with Gasteiger partial charge in [0.25, 0.3) is 11.8 Å². The molecule has 0 radical (unpaired) electrons. The van der Waals surface area contributed by atoms with Gasteiger partial charge in [-0.3, -0.25) is 44.1 Å². The number of nitrogens with one attached hydrogen (secondary N) is 3. The topological polar surface area (TPSA) is 161 Å². The molecular weight excluding hydrogens is 693 g/mol. The summed E-state index contributed by atoms with van der Waals surface area (Å²) in [7, 11) is 0. The Labute approximate surface area is 309 Å². The number of fused-ring (bicyclic) bond motifs is 4. The summed E-state index contributed by atoms with van der Waals surface area (Å²) in [5.74, 6) is -2.41. The van der Waals surface area contributed by atoms with Crippen molar-refractivity contribution in [3.05, 3.63) is 119 Å². The number of benzene rings is 3. The molecule has 0 saturated carbocycles. The van der Waals surface area contributed by atoms with Crippen molar-refractivity contribution in [3.63, 3.8) is 0 Å². The van der Waals surface area contributed by atoms with Gasteiger partial charge in [-0.25, -0.2) is 0 Å². The summed E-state index contributed by atoms with van der Waals surface area (Å²) in [6, 6.07) is 22.0. The highest BCUT2D eigenvalue weighted by Gasteiger charge is 2.46. The van der Waals surface area contributed by atoms with Crippen LogP contribution in [0, 0.1) is 5.92 Å². The van der Waals surface area contributed by atoms with Crippen molar-refractivity contribution < 1.29 is 29.1 Å². The fourth-order valence-electron chi connectivity index (χ4n) is 7.95. The molecule has 1 unspecified atom stereocenters. The molecule has 3 aromatic carbocycles. The third-order valence-corrected chi connectivity index (χ3v) is 11.3. The molecule has 12 nitrogen and oxygen atoms in total. The molecule has 0 spiro atoms. The molecule has 53 heavy (non-hydrogen) atoms. The lowest BCUT2D eigenvalue weighted by molar-refractivity contribution is -0.136. The SMILES string of the molecule is O=C(C=CSc1cccc2c1C(=O)N(C1CCC(=O)NC1=O)C2=O)Nc1cccc(-c2ccc3c(c2)[C@H]2[C@H](CCN2Cc2ccncc2)[C@@H](CO)N3)c1. The van der Waals surface area contributed by atoms with E-state index in [-0.39, 0.29) is 54.5 Å². The van der Waals surface area contributed by atoms with Crippen LogP contribution < -0.4 is 16.0 Å². The monoisotopic (exact) mass is 728 g/mol. The molecule has 1 aromatic heterocycles. The minimum Gasteiger partial charge on any atom is -0.394 e. The highest BCUT2D eigenvalue weighted by Crippen LogP contribution is 2.48. The zero-order valence-electron chi connectivity index (χ0n) is 28.5. The second-order valence-electron chi connectivity index (χ2n) is 13.6.